The Labute approximate surface area is 121 Å². The zero-order valence-electron chi connectivity index (χ0n) is 10.5. The molecular formula is C12H8N4O4S. The molecule has 106 valence electrons. The van der Waals surface area contributed by atoms with Crippen molar-refractivity contribution in [3.8, 4) is 5.75 Å². The van der Waals surface area contributed by atoms with Gasteiger partial charge in [-0.15, -0.1) is 11.3 Å². The van der Waals surface area contributed by atoms with Crippen molar-refractivity contribution < 1.29 is 9.66 Å². The van der Waals surface area contributed by atoms with Crippen LogP contribution in [-0.4, -0.2) is 19.3 Å². The van der Waals surface area contributed by atoms with E-state index < -0.39 is 4.92 Å². The van der Waals surface area contributed by atoms with Crippen molar-refractivity contribution in [3.63, 3.8) is 0 Å². The van der Waals surface area contributed by atoms with Crippen LogP contribution in [0.1, 0.15) is 5.69 Å². The molecule has 0 aromatic carbocycles. The highest BCUT2D eigenvalue weighted by Gasteiger charge is 2.16. The normalized spacial score (nSPS) is 10.7. The van der Waals surface area contributed by atoms with Gasteiger partial charge in [0.15, 0.2) is 4.96 Å². The minimum Gasteiger partial charge on any atom is -0.479 e. The molecule has 0 aliphatic heterocycles. The van der Waals surface area contributed by atoms with Gasteiger partial charge in [-0.05, 0) is 22.0 Å². The van der Waals surface area contributed by atoms with E-state index in [0.717, 1.165) is 0 Å². The van der Waals surface area contributed by atoms with Crippen LogP contribution >= 0.6 is 11.3 Å². The number of fused-ring (bicyclic) bond motifs is 1. The molecule has 21 heavy (non-hydrogen) atoms. The highest BCUT2D eigenvalue weighted by molar-refractivity contribution is 7.15. The zero-order chi connectivity index (χ0) is 14.8. The number of ether oxygens (including phenoxy) is 1. The molecule has 0 N–H and O–H groups in total. The van der Waals surface area contributed by atoms with Crippen LogP contribution in [0.25, 0.3) is 4.96 Å². The van der Waals surface area contributed by atoms with Crippen LogP contribution in [0.5, 0.6) is 5.75 Å². The summed E-state index contributed by atoms with van der Waals surface area (Å²) in [4.78, 5) is 30.4. The lowest BCUT2D eigenvalue weighted by Gasteiger charge is -2.05. The molecule has 0 atom stereocenters. The van der Waals surface area contributed by atoms with Gasteiger partial charge in [0.25, 0.3) is 5.56 Å². The predicted molar refractivity (Wildman–Crippen MR) is 74.6 cm³/mol. The van der Waals surface area contributed by atoms with E-state index in [1.807, 2.05) is 0 Å². The minimum absolute atomic E-state index is 0.0377. The first-order valence-corrected chi connectivity index (χ1v) is 6.71. The van der Waals surface area contributed by atoms with E-state index in [1.165, 1.54) is 40.1 Å². The Morgan fingerprint density at radius 1 is 1.48 bits per heavy atom. The lowest BCUT2D eigenvalue weighted by atomic mass is 10.4. The number of thiazole rings is 1. The van der Waals surface area contributed by atoms with Crippen molar-refractivity contribution in [1.82, 2.24) is 14.4 Å². The van der Waals surface area contributed by atoms with Gasteiger partial charge in [0.1, 0.15) is 12.8 Å². The van der Waals surface area contributed by atoms with Gasteiger partial charge in [0.05, 0.1) is 5.69 Å². The van der Waals surface area contributed by atoms with Crippen LogP contribution in [0.15, 0.2) is 40.8 Å². The molecule has 3 heterocycles. The van der Waals surface area contributed by atoms with E-state index in [-0.39, 0.29) is 23.7 Å². The van der Waals surface area contributed by atoms with Gasteiger partial charge in [0, 0.05) is 17.6 Å². The number of nitro groups is 1. The number of rotatable bonds is 4. The Morgan fingerprint density at radius 3 is 3.14 bits per heavy atom. The molecule has 0 unspecified atom stereocenters. The third-order valence-corrected chi connectivity index (χ3v) is 3.41. The zero-order valence-corrected chi connectivity index (χ0v) is 11.3. The van der Waals surface area contributed by atoms with E-state index in [0.29, 0.717) is 10.7 Å². The molecule has 3 rings (SSSR count). The lowest BCUT2D eigenvalue weighted by molar-refractivity contribution is -0.390. The maximum Gasteiger partial charge on any atom is 0.406 e. The van der Waals surface area contributed by atoms with Gasteiger partial charge < -0.3 is 14.9 Å². The van der Waals surface area contributed by atoms with Crippen LogP contribution in [0.3, 0.4) is 0 Å². The van der Waals surface area contributed by atoms with E-state index in [1.54, 1.807) is 11.6 Å². The summed E-state index contributed by atoms with van der Waals surface area (Å²) in [5.41, 5.74) is 0.182. The van der Waals surface area contributed by atoms with Crippen molar-refractivity contribution in [2.24, 2.45) is 0 Å². The lowest BCUT2D eigenvalue weighted by Crippen LogP contribution is -2.14. The molecule has 0 saturated carbocycles. The smallest absolute Gasteiger partial charge is 0.406 e. The molecule has 0 fully saturated rings. The van der Waals surface area contributed by atoms with Crippen molar-refractivity contribution in [2.75, 3.05) is 0 Å². The number of aromatic nitrogens is 3. The van der Waals surface area contributed by atoms with Gasteiger partial charge in [0.2, 0.25) is 5.75 Å². The summed E-state index contributed by atoms with van der Waals surface area (Å²) in [5.74, 6) is -0.331. The first-order chi connectivity index (χ1) is 10.1. The Bertz CT molecular complexity index is 873. The summed E-state index contributed by atoms with van der Waals surface area (Å²) in [6.07, 6.45) is 2.94. The molecule has 8 nitrogen and oxygen atoms in total. The first-order valence-electron chi connectivity index (χ1n) is 5.83. The fourth-order valence-corrected chi connectivity index (χ4v) is 2.48. The van der Waals surface area contributed by atoms with Crippen LogP contribution in [-0.2, 0) is 6.61 Å². The standard InChI is InChI=1S/C12H8N4O4S/c17-10-6-8(14-12-15(10)4-5-21-12)7-20-9-2-1-3-13-11(9)16(18)19/h1-6H,7H2. The van der Waals surface area contributed by atoms with Crippen molar-refractivity contribution in [3.05, 3.63) is 62.1 Å². The Hall–Kier alpha value is -2.81. The molecule has 9 heteroatoms. The van der Waals surface area contributed by atoms with E-state index >= 15 is 0 Å². The van der Waals surface area contributed by atoms with Crippen LogP contribution in [0.2, 0.25) is 0 Å². The molecule has 0 radical (unpaired) electrons. The maximum atomic E-state index is 11.8. The van der Waals surface area contributed by atoms with E-state index in [2.05, 4.69) is 9.97 Å². The molecule has 0 saturated heterocycles. The van der Waals surface area contributed by atoms with Gasteiger partial charge in [-0.1, -0.05) is 0 Å². The summed E-state index contributed by atoms with van der Waals surface area (Å²) in [6.45, 7) is -0.0455. The molecule has 0 spiro atoms. The quantitative estimate of drug-likeness (QED) is 0.536. The molecule has 3 aromatic rings. The van der Waals surface area contributed by atoms with Crippen molar-refractivity contribution in [2.45, 2.75) is 6.61 Å². The molecule has 0 aliphatic rings. The summed E-state index contributed by atoms with van der Waals surface area (Å²) >= 11 is 1.32. The number of hydrogen-bond donors (Lipinski definition) is 0. The Morgan fingerprint density at radius 2 is 2.33 bits per heavy atom. The number of hydrogen-bond acceptors (Lipinski definition) is 7. The number of nitrogens with zero attached hydrogens (tertiary/aromatic N) is 4. The summed E-state index contributed by atoms with van der Waals surface area (Å²) in [5, 5.41) is 12.6. The van der Waals surface area contributed by atoms with Crippen LogP contribution in [0, 0.1) is 10.1 Å². The van der Waals surface area contributed by atoms with E-state index in [4.69, 9.17) is 4.74 Å². The largest absolute Gasteiger partial charge is 0.479 e. The topological polar surface area (TPSA) is 99.6 Å². The first kappa shape index (κ1) is 13.2. The third kappa shape index (κ3) is 2.58. The van der Waals surface area contributed by atoms with Gasteiger partial charge in [-0.25, -0.2) is 4.98 Å². The molecular weight excluding hydrogens is 296 g/mol. The highest BCUT2D eigenvalue weighted by atomic mass is 32.1. The predicted octanol–water partition coefficient (Wildman–Crippen LogP) is 1.64. The second-order valence-corrected chi connectivity index (χ2v) is 4.89. The average Bonchev–Trinajstić information content (AvgIpc) is 2.94. The van der Waals surface area contributed by atoms with Gasteiger partial charge in [-0.3, -0.25) is 9.20 Å². The summed E-state index contributed by atoms with van der Waals surface area (Å²) in [7, 11) is 0. The van der Waals surface area contributed by atoms with Gasteiger partial charge in [-0.2, -0.15) is 0 Å². The van der Waals surface area contributed by atoms with Gasteiger partial charge >= 0.3 is 5.82 Å². The SMILES string of the molecule is O=c1cc(COc2cccnc2[N+](=O)[O-])nc2sccn12. The Balaban J connectivity index is 1.87. The van der Waals surface area contributed by atoms with Crippen molar-refractivity contribution in [1.29, 1.82) is 0 Å². The minimum atomic E-state index is -0.625. The molecule has 0 amide bonds. The molecule has 0 aliphatic carbocycles. The van der Waals surface area contributed by atoms with E-state index in [9.17, 15) is 14.9 Å². The second kappa shape index (κ2) is 5.29. The summed E-state index contributed by atoms with van der Waals surface area (Å²) in [6, 6.07) is 4.32. The highest BCUT2D eigenvalue weighted by Crippen LogP contribution is 2.23. The number of pyridine rings is 1. The fourth-order valence-electron chi connectivity index (χ4n) is 1.75. The third-order valence-electron chi connectivity index (χ3n) is 2.66. The maximum absolute atomic E-state index is 11.8. The van der Waals surface area contributed by atoms with Crippen LogP contribution in [0.4, 0.5) is 5.82 Å². The average molecular weight is 304 g/mol. The summed E-state index contributed by atoms with van der Waals surface area (Å²) < 4.78 is 6.77. The molecule has 0 bridgehead atoms. The monoisotopic (exact) mass is 304 g/mol. The fraction of sp³-hybridized carbons (Fsp3) is 0.0833. The van der Waals surface area contributed by atoms with Crippen LogP contribution < -0.4 is 10.3 Å². The van der Waals surface area contributed by atoms with Crippen molar-refractivity contribution >= 4 is 22.1 Å². The molecule has 3 aromatic heterocycles. The Kier molecular flexibility index (Phi) is 3.32. The second-order valence-electron chi connectivity index (χ2n) is 4.01.